The van der Waals surface area contributed by atoms with Crippen LogP contribution in [0.2, 0.25) is 0 Å². The molecule has 146 valence electrons. The van der Waals surface area contributed by atoms with Crippen LogP contribution in [-0.4, -0.2) is 27.6 Å². The van der Waals surface area contributed by atoms with Crippen LogP contribution in [0, 0.1) is 6.92 Å². The highest BCUT2D eigenvalue weighted by atomic mass is 32.2. The number of nitrogens with one attached hydrogen (secondary N) is 2. The number of nitrogens with zero attached hydrogens (tertiary/aromatic N) is 1. The Morgan fingerprint density at radius 3 is 2.39 bits per heavy atom. The van der Waals surface area contributed by atoms with E-state index in [0.717, 1.165) is 16.9 Å². The van der Waals surface area contributed by atoms with E-state index in [0.29, 0.717) is 5.75 Å². The van der Waals surface area contributed by atoms with Gasteiger partial charge in [0.1, 0.15) is 22.2 Å². The number of pyridine rings is 1. The van der Waals surface area contributed by atoms with Crippen LogP contribution in [0.3, 0.4) is 0 Å². The summed E-state index contributed by atoms with van der Waals surface area (Å²) in [6.07, 6.45) is 1.56. The Balaban J connectivity index is 1.81. The Bertz CT molecular complexity index is 1070. The molecular formula is C20H21N3O4S. The Kier molecular flexibility index (Phi) is 5.70. The van der Waals surface area contributed by atoms with Crippen LogP contribution in [0.5, 0.6) is 11.5 Å². The summed E-state index contributed by atoms with van der Waals surface area (Å²) in [4.78, 5) is 4.16. The Morgan fingerprint density at radius 2 is 1.75 bits per heavy atom. The van der Waals surface area contributed by atoms with Crippen LogP contribution in [0.25, 0.3) is 0 Å². The predicted molar refractivity (Wildman–Crippen MR) is 109 cm³/mol. The molecule has 0 saturated carbocycles. The lowest BCUT2D eigenvalue weighted by Crippen LogP contribution is -2.15. The fourth-order valence-electron chi connectivity index (χ4n) is 2.58. The highest BCUT2D eigenvalue weighted by Crippen LogP contribution is 2.29. The van der Waals surface area contributed by atoms with Gasteiger partial charge in [0, 0.05) is 11.8 Å². The van der Waals surface area contributed by atoms with E-state index in [4.69, 9.17) is 9.47 Å². The van der Waals surface area contributed by atoms with Crippen molar-refractivity contribution in [2.24, 2.45) is 0 Å². The molecule has 3 aromatic rings. The number of hydrogen-bond acceptors (Lipinski definition) is 6. The molecule has 7 nitrogen and oxygen atoms in total. The van der Waals surface area contributed by atoms with Crippen molar-refractivity contribution in [1.29, 1.82) is 0 Å². The highest BCUT2D eigenvalue weighted by Gasteiger charge is 2.21. The number of ether oxygens (including phenoxy) is 2. The van der Waals surface area contributed by atoms with Gasteiger partial charge < -0.3 is 14.8 Å². The second-order valence-electron chi connectivity index (χ2n) is 5.99. The number of para-hydroxylation sites is 1. The monoisotopic (exact) mass is 399 g/mol. The summed E-state index contributed by atoms with van der Waals surface area (Å²) in [5, 5.41) is 3.25. The molecule has 0 fully saturated rings. The molecule has 8 heteroatoms. The number of hydrogen-bond donors (Lipinski definition) is 2. The molecule has 0 bridgehead atoms. The molecule has 1 aromatic heterocycles. The minimum Gasteiger partial charge on any atom is -0.497 e. The van der Waals surface area contributed by atoms with Crippen LogP contribution in [0.1, 0.15) is 5.56 Å². The zero-order chi connectivity index (χ0) is 20.1. The van der Waals surface area contributed by atoms with E-state index in [1.54, 1.807) is 24.4 Å². The first-order valence-corrected chi connectivity index (χ1v) is 9.95. The van der Waals surface area contributed by atoms with Gasteiger partial charge >= 0.3 is 0 Å². The first-order chi connectivity index (χ1) is 13.4. The van der Waals surface area contributed by atoms with Gasteiger partial charge in [0.05, 0.1) is 26.1 Å². The smallest absolute Gasteiger partial charge is 0.266 e. The normalized spacial score (nSPS) is 11.0. The van der Waals surface area contributed by atoms with E-state index < -0.39 is 10.0 Å². The third-order valence-electron chi connectivity index (χ3n) is 4.09. The number of sulfonamides is 1. The number of anilines is 3. The SMILES string of the molecule is COc1ccc(OC)c(S(=O)(=O)Nc2ccc(Nc3ccccc3C)cn2)c1. The number of aromatic nitrogens is 1. The van der Waals surface area contributed by atoms with Crippen molar-refractivity contribution in [1.82, 2.24) is 4.98 Å². The molecule has 0 aliphatic heterocycles. The molecule has 0 radical (unpaired) electrons. The van der Waals surface area contributed by atoms with Crippen molar-refractivity contribution in [3.05, 3.63) is 66.4 Å². The van der Waals surface area contributed by atoms with Gasteiger partial charge in [0.15, 0.2) is 0 Å². The van der Waals surface area contributed by atoms with Gasteiger partial charge in [0.2, 0.25) is 0 Å². The molecule has 2 aromatic carbocycles. The summed E-state index contributed by atoms with van der Waals surface area (Å²) >= 11 is 0. The summed E-state index contributed by atoms with van der Waals surface area (Å²) in [5.74, 6) is 0.818. The fraction of sp³-hybridized carbons (Fsp3) is 0.150. The maximum atomic E-state index is 12.8. The first kappa shape index (κ1) is 19.5. The summed E-state index contributed by atoms with van der Waals surface area (Å²) in [6.45, 7) is 2.00. The van der Waals surface area contributed by atoms with Gasteiger partial charge in [-0.25, -0.2) is 13.4 Å². The molecule has 1 heterocycles. The molecule has 28 heavy (non-hydrogen) atoms. The number of benzene rings is 2. The van der Waals surface area contributed by atoms with Gasteiger partial charge in [-0.3, -0.25) is 4.72 Å². The van der Waals surface area contributed by atoms with Gasteiger partial charge in [0.25, 0.3) is 10.0 Å². The van der Waals surface area contributed by atoms with E-state index in [9.17, 15) is 8.42 Å². The van der Waals surface area contributed by atoms with Gasteiger partial charge in [-0.2, -0.15) is 0 Å². The minimum atomic E-state index is -3.91. The molecule has 3 rings (SSSR count). The van der Waals surface area contributed by atoms with Crippen molar-refractivity contribution in [2.75, 3.05) is 24.3 Å². The van der Waals surface area contributed by atoms with E-state index in [-0.39, 0.29) is 16.5 Å². The van der Waals surface area contributed by atoms with Gasteiger partial charge in [-0.05, 0) is 42.8 Å². The van der Waals surface area contributed by atoms with E-state index in [1.165, 1.54) is 26.4 Å². The summed E-state index contributed by atoms with van der Waals surface area (Å²) in [6, 6.07) is 15.8. The van der Waals surface area contributed by atoms with Gasteiger partial charge in [-0.15, -0.1) is 0 Å². The molecule has 0 amide bonds. The van der Waals surface area contributed by atoms with Crippen molar-refractivity contribution in [2.45, 2.75) is 11.8 Å². The standard InChI is InChI=1S/C20H21N3O4S/c1-14-6-4-5-7-17(14)22-15-8-11-20(21-13-15)23-28(24,25)19-12-16(26-2)9-10-18(19)27-3/h4-13,22H,1-3H3,(H,21,23). The topological polar surface area (TPSA) is 89.5 Å². The van der Waals surface area contributed by atoms with E-state index in [1.807, 2.05) is 31.2 Å². The maximum absolute atomic E-state index is 12.8. The fourth-order valence-corrected chi connectivity index (χ4v) is 3.78. The molecule has 0 unspecified atom stereocenters. The molecule has 0 aliphatic carbocycles. The molecule has 0 atom stereocenters. The average molecular weight is 399 g/mol. The van der Waals surface area contributed by atoms with Crippen molar-refractivity contribution >= 4 is 27.2 Å². The second kappa shape index (κ2) is 8.18. The van der Waals surface area contributed by atoms with E-state index in [2.05, 4.69) is 15.0 Å². The average Bonchev–Trinajstić information content (AvgIpc) is 2.70. The summed E-state index contributed by atoms with van der Waals surface area (Å²) in [7, 11) is -1.03. The highest BCUT2D eigenvalue weighted by molar-refractivity contribution is 7.92. The largest absolute Gasteiger partial charge is 0.497 e. The Morgan fingerprint density at radius 1 is 0.964 bits per heavy atom. The Hall–Kier alpha value is -3.26. The lowest BCUT2D eigenvalue weighted by Gasteiger charge is -2.13. The maximum Gasteiger partial charge on any atom is 0.266 e. The van der Waals surface area contributed by atoms with Crippen molar-refractivity contribution in [3.8, 4) is 11.5 Å². The zero-order valence-corrected chi connectivity index (χ0v) is 16.6. The Labute approximate surface area is 164 Å². The van der Waals surface area contributed by atoms with Crippen LogP contribution >= 0.6 is 0 Å². The quantitative estimate of drug-likeness (QED) is 0.625. The molecule has 0 saturated heterocycles. The first-order valence-electron chi connectivity index (χ1n) is 8.46. The van der Waals surface area contributed by atoms with Crippen molar-refractivity contribution in [3.63, 3.8) is 0 Å². The van der Waals surface area contributed by atoms with Crippen molar-refractivity contribution < 1.29 is 17.9 Å². The third kappa shape index (κ3) is 4.34. The number of methoxy groups -OCH3 is 2. The molecule has 0 spiro atoms. The second-order valence-corrected chi connectivity index (χ2v) is 7.65. The summed E-state index contributed by atoms with van der Waals surface area (Å²) < 4.78 is 38.3. The van der Waals surface area contributed by atoms with Crippen LogP contribution in [0.15, 0.2) is 65.7 Å². The van der Waals surface area contributed by atoms with Crippen LogP contribution in [0.4, 0.5) is 17.2 Å². The van der Waals surface area contributed by atoms with Crippen LogP contribution < -0.4 is 19.5 Å². The van der Waals surface area contributed by atoms with E-state index >= 15 is 0 Å². The lowest BCUT2D eigenvalue weighted by molar-refractivity contribution is 0.392. The minimum absolute atomic E-state index is 0.0294. The number of rotatable bonds is 7. The zero-order valence-electron chi connectivity index (χ0n) is 15.8. The third-order valence-corrected chi connectivity index (χ3v) is 5.46. The van der Waals surface area contributed by atoms with Gasteiger partial charge in [-0.1, -0.05) is 18.2 Å². The number of aryl methyl sites for hydroxylation is 1. The predicted octanol–water partition coefficient (Wildman–Crippen LogP) is 3.95. The van der Waals surface area contributed by atoms with Crippen LogP contribution in [-0.2, 0) is 10.0 Å². The summed E-state index contributed by atoms with van der Waals surface area (Å²) in [5.41, 5.74) is 2.80. The molecule has 2 N–H and O–H groups in total. The lowest BCUT2D eigenvalue weighted by atomic mass is 10.2. The molecular weight excluding hydrogens is 378 g/mol. The molecule has 0 aliphatic rings.